The van der Waals surface area contributed by atoms with Gasteiger partial charge in [0.15, 0.2) is 11.6 Å². The van der Waals surface area contributed by atoms with Gasteiger partial charge in [-0.15, -0.1) is 0 Å². The zero-order chi connectivity index (χ0) is 32.3. The highest BCUT2D eigenvalue weighted by molar-refractivity contribution is 6.31. The van der Waals surface area contributed by atoms with Crippen molar-refractivity contribution in [1.29, 1.82) is 0 Å². The molecule has 5 heterocycles. The van der Waals surface area contributed by atoms with E-state index in [2.05, 4.69) is 25.3 Å². The van der Waals surface area contributed by atoms with Gasteiger partial charge in [-0.25, -0.2) is 18.7 Å². The Bertz CT molecular complexity index is 1920. The zero-order valence-corrected chi connectivity index (χ0v) is 24.4. The fraction of sp³-hybridized carbons (Fsp3) is 0.355. The molecule has 12 heteroatoms. The van der Waals surface area contributed by atoms with Crippen molar-refractivity contribution in [2.75, 3.05) is 0 Å². The number of aromatic nitrogens is 5. The van der Waals surface area contributed by atoms with Crippen LogP contribution in [0.3, 0.4) is 0 Å². The SMILES string of the molecule is [2H]C1([2H])CC(Oc2cc3n(c(=O)c2Cl)-c2c(cnc(-c4ccnc(C(C)(C)NC(C)=O)n4)c2F)CCCC3)c2ncc(F)cc21. The first kappa shape index (κ1) is 26.4. The molecule has 0 radical (unpaired) electrons. The van der Waals surface area contributed by atoms with Crippen LogP contribution in [-0.2, 0) is 29.5 Å². The molecule has 1 N–H and O–H groups in total. The highest BCUT2D eigenvalue weighted by Gasteiger charge is 2.31. The van der Waals surface area contributed by atoms with Crippen LogP contribution in [0.25, 0.3) is 17.1 Å². The maximum atomic E-state index is 16.6. The first-order chi connectivity index (χ1) is 21.3. The molecule has 6 rings (SSSR count). The lowest BCUT2D eigenvalue weighted by molar-refractivity contribution is -0.120. The maximum absolute atomic E-state index is 16.6. The quantitative estimate of drug-likeness (QED) is 0.326. The molecular formula is C31H29ClF2N6O3. The number of fused-ring (bicyclic) bond motifs is 4. The molecule has 1 aliphatic heterocycles. The molecule has 222 valence electrons. The third-order valence-electron chi connectivity index (χ3n) is 7.50. The summed E-state index contributed by atoms with van der Waals surface area (Å²) in [6.07, 6.45) is 3.27. The van der Waals surface area contributed by atoms with Crippen LogP contribution in [0.2, 0.25) is 5.02 Å². The van der Waals surface area contributed by atoms with Crippen LogP contribution in [0.1, 0.15) is 77.2 Å². The predicted octanol–water partition coefficient (Wildman–Crippen LogP) is 5.33. The van der Waals surface area contributed by atoms with E-state index < -0.39 is 35.2 Å². The Morgan fingerprint density at radius 2 is 1.95 bits per heavy atom. The van der Waals surface area contributed by atoms with Gasteiger partial charge in [-0.05, 0) is 75.6 Å². The molecule has 0 saturated heterocycles. The first-order valence-corrected chi connectivity index (χ1v) is 14.2. The highest BCUT2D eigenvalue weighted by Crippen LogP contribution is 2.37. The average Bonchev–Trinajstić information content (AvgIpc) is 3.21. The topological polar surface area (TPSA) is 112 Å². The number of hydrogen-bond donors (Lipinski definition) is 1. The summed E-state index contributed by atoms with van der Waals surface area (Å²) in [5.41, 5.74) is -0.327. The number of nitrogens with one attached hydrogen (secondary N) is 1. The lowest BCUT2D eigenvalue weighted by Crippen LogP contribution is -2.41. The summed E-state index contributed by atoms with van der Waals surface area (Å²) in [6, 6.07) is 4.16. The second-order valence-corrected chi connectivity index (χ2v) is 11.5. The van der Waals surface area contributed by atoms with E-state index in [1.165, 1.54) is 30.0 Å². The maximum Gasteiger partial charge on any atom is 0.278 e. The summed E-state index contributed by atoms with van der Waals surface area (Å²) in [6.45, 7) is 4.82. The predicted molar refractivity (Wildman–Crippen MR) is 155 cm³/mol. The van der Waals surface area contributed by atoms with Gasteiger partial charge in [0, 0.05) is 33.8 Å². The van der Waals surface area contributed by atoms with E-state index in [4.69, 9.17) is 19.1 Å². The Morgan fingerprint density at radius 1 is 1.16 bits per heavy atom. The van der Waals surface area contributed by atoms with Crippen molar-refractivity contribution in [2.24, 2.45) is 0 Å². The molecule has 9 nitrogen and oxygen atoms in total. The van der Waals surface area contributed by atoms with E-state index in [-0.39, 0.29) is 57.3 Å². The number of halogens is 3. The van der Waals surface area contributed by atoms with Crippen molar-refractivity contribution in [3.05, 3.63) is 92.1 Å². The molecule has 4 aromatic rings. The van der Waals surface area contributed by atoms with Crippen molar-refractivity contribution < 1.29 is 21.1 Å². The summed E-state index contributed by atoms with van der Waals surface area (Å²) < 4.78 is 54.4. The Morgan fingerprint density at radius 3 is 2.74 bits per heavy atom. The van der Waals surface area contributed by atoms with Crippen molar-refractivity contribution >= 4 is 17.5 Å². The summed E-state index contributed by atoms with van der Waals surface area (Å²) in [4.78, 5) is 42.8. The van der Waals surface area contributed by atoms with E-state index in [0.717, 1.165) is 12.3 Å². The molecule has 2 aliphatic rings. The van der Waals surface area contributed by atoms with Crippen LogP contribution in [-0.4, -0.2) is 30.4 Å². The minimum Gasteiger partial charge on any atom is -0.482 e. The van der Waals surface area contributed by atoms with Gasteiger partial charge in [-0.2, -0.15) is 0 Å². The van der Waals surface area contributed by atoms with Gasteiger partial charge in [0.1, 0.15) is 28.4 Å². The number of carbonyl (C=O) groups excluding carboxylic acids is 1. The molecule has 1 aliphatic carbocycles. The summed E-state index contributed by atoms with van der Waals surface area (Å²) in [5.74, 6) is -1.46. The number of carbonyl (C=O) groups is 1. The molecule has 0 spiro atoms. The van der Waals surface area contributed by atoms with E-state index in [1.54, 1.807) is 19.9 Å². The molecular weight excluding hydrogens is 578 g/mol. The molecule has 1 unspecified atom stereocenters. The fourth-order valence-corrected chi connectivity index (χ4v) is 5.74. The lowest BCUT2D eigenvalue weighted by atomic mass is 10.0. The smallest absolute Gasteiger partial charge is 0.278 e. The van der Waals surface area contributed by atoms with Crippen molar-refractivity contribution in [2.45, 2.75) is 70.9 Å². The Balaban J connectivity index is 1.44. The summed E-state index contributed by atoms with van der Waals surface area (Å²) in [7, 11) is 0. The molecule has 1 atom stereocenters. The molecule has 0 fully saturated rings. The van der Waals surface area contributed by atoms with E-state index in [9.17, 15) is 14.0 Å². The largest absolute Gasteiger partial charge is 0.482 e. The Hall–Kier alpha value is -4.25. The standard InChI is InChI=1S/C31H29ClF2N6O3/c1-16(41)39-31(2,3)30-35-11-10-21(38-30)27-25(34)28-18(14-36-27)6-4-5-7-20-13-23(24(32)29(42)40(20)28)43-22-9-8-17-12-19(33)15-37-26(17)22/h10-15,22H,4-9H2,1-3H3,(H,39,41)/i8D2. The third kappa shape index (κ3) is 5.37. The third-order valence-corrected chi connectivity index (χ3v) is 7.85. The highest BCUT2D eigenvalue weighted by atomic mass is 35.5. The number of nitrogens with zero attached hydrogens (tertiary/aromatic N) is 5. The number of ether oxygens (including phenoxy) is 1. The molecule has 1 amide bonds. The Labute approximate surface area is 254 Å². The monoisotopic (exact) mass is 608 g/mol. The van der Waals surface area contributed by atoms with Crippen LogP contribution < -0.4 is 15.6 Å². The van der Waals surface area contributed by atoms with Gasteiger partial charge in [-0.3, -0.25) is 24.1 Å². The first-order valence-electron chi connectivity index (χ1n) is 14.8. The van der Waals surface area contributed by atoms with Crippen molar-refractivity contribution in [1.82, 2.24) is 29.8 Å². The van der Waals surface area contributed by atoms with Gasteiger partial charge in [-0.1, -0.05) is 11.6 Å². The lowest BCUT2D eigenvalue weighted by Gasteiger charge is -2.25. The molecule has 0 bridgehead atoms. The molecule has 0 aromatic carbocycles. The molecule has 4 aromatic heterocycles. The van der Waals surface area contributed by atoms with Crippen LogP contribution in [0.15, 0.2) is 41.6 Å². The van der Waals surface area contributed by atoms with E-state index in [0.29, 0.717) is 36.9 Å². The second-order valence-electron chi connectivity index (χ2n) is 11.1. The second kappa shape index (κ2) is 11.1. The van der Waals surface area contributed by atoms with Gasteiger partial charge >= 0.3 is 0 Å². The minimum absolute atomic E-state index is 0.00477. The van der Waals surface area contributed by atoms with Crippen LogP contribution in [0.4, 0.5) is 8.78 Å². The van der Waals surface area contributed by atoms with Crippen LogP contribution >= 0.6 is 11.6 Å². The number of rotatable bonds is 5. The molecule has 0 saturated carbocycles. The zero-order valence-electron chi connectivity index (χ0n) is 25.7. The number of pyridine rings is 3. The summed E-state index contributed by atoms with van der Waals surface area (Å²) >= 11 is 6.59. The van der Waals surface area contributed by atoms with Crippen LogP contribution in [0, 0.1) is 11.6 Å². The van der Waals surface area contributed by atoms with Gasteiger partial charge in [0.25, 0.3) is 5.56 Å². The van der Waals surface area contributed by atoms with Gasteiger partial charge in [0.05, 0.1) is 28.8 Å². The van der Waals surface area contributed by atoms with E-state index in [1.807, 2.05) is 0 Å². The summed E-state index contributed by atoms with van der Waals surface area (Å²) in [5, 5.41) is 2.45. The van der Waals surface area contributed by atoms with Gasteiger partial charge in [0.2, 0.25) is 5.91 Å². The van der Waals surface area contributed by atoms with E-state index >= 15 is 4.39 Å². The Kier molecular flexibility index (Phi) is 6.82. The number of aryl methyl sites for hydroxylation is 3. The minimum atomic E-state index is -1.90. The van der Waals surface area contributed by atoms with Crippen molar-refractivity contribution in [3.63, 3.8) is 0 Å². The average molecular weight is 609 g/mol. The van der Waals surface area contributed by atoms with Gasteiger partial charge < -0.3 is 10.1 Å². The number of amides is 1. The number of hydrogen-bond acceptors (Lipinski definition) is 7. The normalized spacial score (nSPS) is 17.9. The molecule has 43 heavy (non-hydrogen) atoms. The fourth-order valence-electron chi connectivity index (χ4n) is 5.55. The van der Waals surface area contributed by atoms with Crippen LogP contribution in [0.5, 0.6) is 5.75 Å². The van der Waals surface area contributed by atoms with Crippen molar-refractivity contribution in [3.8, 4) is 22.8 Å².